The number of benzene rings is 1. The molecular weight excluding hydrogens is 389 g/mol. The number of nitrogens with zero attached hydrogens (tertiary/aromatic N) is 2. The summed E-state index contributed by atoms with van der Waals surface area (Å²) >= 11 is 12.1. The number of halogens is 3. The molecule has 2 atom stereocenters. The molecule has 1 aliphatic rings. The molecule has 3 rings (SSSR count). The zero-order chi connectivity index (χ0) is 17.1. The fraction of sp³-hybridized carbons (Fsp3) is 0.375. The van der Waals surface area contributed by atoms with Gasteiger partial charge >= 0.3 is 5.97 Å². The van der Waals surface area contributed by atoms with Gasteiger partial charge in [0.1, 0.15) is 0 Å². The lowest BCUT2D eigenvalue weighted by atomic mass is 9.95. The van der Waals surface area contributed by atoms with Crippen LogP contribution in [0.3, 0.4) is 0 Å². The average molecular weight is 407 g/mol. The van der Waals surface area contributed by atoms with Crippen LogP contribution in [0.5, 0.6) is 0 Å². The minimum absolute atomic E-state index is 0. The van der Waals surface area contributed by atoms with Gasteiger partial charge in [0.2, 0.25) is 0 Å². The number of aromatic carboxylic acids is 1. The highest BCUT2D eigenvalue weighted by atomic mass is 35.5. The van der Waals surface area contributed by atoms with Gasteiger partial charge in [-0.3, -0.25) is 4.68 Å². The number of carbonyl (C=O) groups is 1. The van der Waals surface area contributed by atoms with Crippen molar-refractivity contribution < 1.29 is 14.6 Å². The first-order chi connectivity index (χ1) is 11.5. The van der Waals surface area contributed by atoms with E-state index in [1.807, 2.05) is 12.1 Å². The molecule has 1 aromatic carbocycles. The lowest BCUT2D eigenvalue weighted by Crippen LogP contribution is -2.28. The summed E-state index contributed by atoms with van der Waals surface area (Å²) in [6.07, 6.45) is 2.70. The summed E-state index contributed by atoms with van der Waals surface area (Å²) in [5.41, 5.74) is 1.12. The van der Waals surface area contributed by atoms with Crippen molar-refractivity contribution in [3.05, 3.63) is 51.8 Å². The Bertz CT molecular complexity index is 738. The van der Waals surface area contributed by atoms with Gasteiger partial charge in [0, 0.05) is 31.7 Å². The van der Waals surface area contributed by atoms with Gasteiger partial charge in [-0.2, -0.15) is 5.10 Å². The topological polar surface area (TPSA) is 76.4 Å². The highest BCUT2D eigenvalue weighted by Gasteiger charge is 2.27. The molecule has 0 aliphatic carbocycles. The molecule has 2 aromatic rings. The van der Waals surface area contributed by atoms with E-state index in [0.717, 1.165) is 18.7 Å². The average Bonchev–Trinajstić information content (AvgIpc) is 2.90. The van der Waals surface area contributed by atoms with E-state index < -0.39 is 5.97 Å². The van der Waals surface area contributed by atoms with Crippen molar-refractivity contribution in [1.29, 1.82) is 0 Å². The van der Waals surface area contributed by atoms with E-state index in [0.29, 0.717) is 23.2 Å². The predicted octanol–water partition coefficient (Wildman–Crippen LogP) is 3.29. The minimum Gasteiger partial charge on any atom is -0.478 e. The van der Waals surface area contributed by atoms with Gasteiger partial charge < -0.3 is 15.2 Å². The number of hydrogen-bond donors (Lipinski definition) is 2. The first-order valence-electron chi connectivity index (χ1n) is 7.57. The molecule has 1 aliphatic heterocycles. The zero-order valence-corrected chi connectivity index (χ0v) is 15.5. The summed E-state index contributed by atoms with van der Waals surface area (Å²) in [5, 5.41) is 17.5. The lowest BCUT2D eigenvalue weighted by molar-refractivity contribution is 0.0243. The minimum atomic E-state index is -0.988. The molecule has 0 saturated carbocycles. The first kappa shape index (κ1) is 20.0. The van der Waals surface area contributed by atoms with Crippen molar-refractivity contribution in [3.63, 3.8) is 0 Å². The summed E-state index contributed by atoms with van der Waals surface area (Å²) in [6, 6.07) is 5.48. The Balaban J connectivity index is 0.00000225. The predicted molar refractivity (Wildman–Crippen MR) is 97.9 cm³/mol. The van der Waals surface area contributed by atoms with Crippen LogP contribution in [0.4, 0.5) is 0 Å². The standard InChI is InChI=1S/C16H17Cl2N3O3.ClH/c17-13-2-1-10(5-14(13)18)15-11(6-19-3-4-24-15)8-21-9-12(7-20-21)16(22)23;/h1-2,5,7,9,11,15,19H,3-4,6,8H2,(H,22,23);1H/t11-,15-;/m0./s1. The fourth-order valence-electron chi connectivity index (χ4n) is 2.82. The number of hydrogen-bond acceptors (Lipinski definition) is 4. The Morgan fingerprint density at radius 3 is 2.88 bits per heavy atom. The van der Waals surface area contributed by atoms with Gasteiger partial charge in [-0.05, 0) is 17.7 Å². The molecule has 0 radical (unpaired) electrons. The van der Waals surface area contributed by atoms with E-state index in [9.17, 15) is 4.79 Å². The van der Waals surface area contributed by atoms with E-state index in [-0.39, 0.29) is 30.0 Å². The molecule has 1 saturated heterocycles. The number of carboxylic acids is 1. The van der Waals surface area contributed by atoms with Crippen LogP contribution < -0.4 is 5.32 Å². The second-order valence-electron chi connectivity index (χ2n) is 5.69. The third-order valence-electron chi connectivity index (χ3n) is 3.98. The van der Waals surface area contributed by atoms with Crippen molar-refractivity contribution >= 4 is 41.6 Å². The van der Waals surface area contributed by atoms with Crippen LogP contribution in [0.1, 0.15) is 22.0 Å². The van der Waals surface area contributed by atoms with Crippen LogP contribution >= 0.6 is 35.6 Å². The summed E-state index contributed by atoms with van der Waals surface area (Å²) < 4.78 is 7.64. The second-order valence-corrected chi connectivity index (χ2v) is 6.50. The Labute approximate surface area is 161 Å². The SMILES string of the molecule is Cl.O=C(O)c1cnn(C[C@@H]2CNCCO[C@H]2c2ccc(Cl)c(Cl)c2)c1. The molecule has 1 fully saturated rings. The normalized spacial score (nSPS) is 20.6. The molecule has 1 aromatic heterocycles. The molecule has 2 heterocycles. The summed E-state index contributed by atoms with van der Waals surface area (Å²) in [7, 11) is 0. The van der Waals surface area contributed by atoms with Crippen molar-refractivity contribution in [2.75, 3.05) is 19.7 Å². The highest BCUT2D eigenvalue weighted by molar-refractivity contribution is 6.42. The summed E-state index contributed by atoms with van der Waals surface area (Å²) in [6.45, 7) is 2.60. The van der Waals surface area contributed by atoms with Crippen LogP contribution in [-0.2, 0) is 11.3 Å². The van der Waals surface area contributed by atoms with Gasteiger partial charge in [0.25, 0.3) is 0 Å². The van der Waals surface area contributed by atoms with Crippen LogP contribution in [0.15, 0.2) is 30.6 Å². The Morgan fingerprint density at radius 1 is 1.40 bits per heavy atom. The zero-order valence-electron chi connectivity index (χ0n) is 13.2. The lowest BCUT2D eigenvalue weighted by Gasteiger charge is -2.25. The fourth-order valence-corrected chi connectivity index (χ4v) is 3.13. The molecule has 6 nitrogen and oxygen atoms in total. The van der Waals surface area contributed by atoms with Crippen molar-refractivity contribution in [2.45, 2.75) is 12.6 Å². The smallest absolute Gasteiger partial charge is 0.338 e. The molecule has 136 valence electrons. The molecule has 0 amide bonds. The second kappa shape index (κ2) is 8.87. The number of rotatable bonds is 4. The molecule has 25 heavy (non-hydrogen) atoms. The summed E-state index contributed by atoms with van der Waals surface area (Å²) in [5.74, 6) is -0.913. The third-order valence-corrected chi connectivity index (χ3v) is 4.72. The quantitative estimate of drug-likeness (QED) is 0.815. The highest BCUT2D eigenvalue weighted by Crippen LogP contribution is 2.32. The Morgan fingerprint density at radius 2 is 2.20 bits per heavy atom. The van der Waals surface area contributed by atoms with Gasteiger partial charge in [-0.15, -0.1) is 12.4 Å². The van der Waals surface area contributed by atoms with Crippen molar-refractivity contribution in [3.8, 4) is 0 Å². The van der Waals surface area contributed by atoms with Gasteiger partial charge in [0.05, 0.1) is 34.5 Å². The monoisotopic (exact) mass is 405 g/mol. The van der Waals surface area contributed by atoms with Crippen LogP contribution in [0, 0.1) is 5.92 Å². The molecule has 0 spiro atoms. The van der Waals surface area contributed by atoms with Crippen LogP contribution in [-0.4, -0.2) is 40.6 Å². The maximum atomic E-state index is 11.0. The number of nitrogens with one attached hydrogen (secondary N) is 1. The van der Waals surface area contributed by atoms with Gasteiger partial charge in [0.15, 0.2) is 0 Å². The number of aromatic nitrogens is 2. The summed E-state index contributed by atoms with van der Waals surface area (Å²) in [4.78, 5) is 11.0. The van der Waals surface area contributed by atoms with E-state index in [4.69, 9.17) is 33.0 Å². The van der Waals surface area contributed by atoms with E-state index >= 15 is 0 Å². The molecule has 9 heteroatoms. The largest absolute Gasteiger partial charge is 0.478 e. The van der Waals surface area contributed by atoms with E-state index in [2.05, 4.69) is 10.4 Å². The van der Waals surface area contributed by atoms with Gasteiger partial charge in [-0.25, -0.2) is 4.79 Å². The van der Waals surface area contributed by atoms with E-state index in [1.165, 1.54) is 12.4 Å². The Hall–Kier alpha value is -1.31. The Kier molecular flexibility index (Phi) is 7.10. The number of carboxylic acid groups (broad SMARTS) is 1. The first-order valence-corrected chi connectivity index (χ1v) is 8.33. The van der Waals surface area contributed by atoms with Crippen LogP contribution in [0.2, 0.25) is 10.0 Å². The van der Waals surface area contributed by atoms with Crippen molar-refractivity contribution in [2.24, 2.45) is 5.92 Å². The maximum Gasteiger partial charge on any atom is 0.338 e. The maximum absolute atomic E-state index is 11.0. The van der Waals surface area contributed by atoms with Crippen molar-refractivity contribution in [1.82, 2.24) is 15.1 Å². The number of ether oxygens (including phenoxy) is 1. The van der Waals surface area contributed by atoms with Crippen LogP contribution in [0.25, 0.3) is 0 Å². The molecular formula is C16H18Cl3N3O3. The molecule has 0 unspecified atom stereocenters. The third kappa shape index (κ3) is 4.86. The molecule has 2 N–H and O–H groups in total. The van der Waals surface area contributed by atoms with E-state index in [1.54, 1.807) is 10.7 Å². The molecule has 0 bridgehead atoms. The van der Waals surface area contributed by atoms with Gasteiger partial charge in [-0.1, -0.05) is 29.3 Å².